The molecule has 0 saturated heterocycles. The Hall–Kier alpha value is -3.61. The molecular formula is C19H21N7O5. The van der Waals surface area contributed by atoms with Gasteiger partial charge in [-0.25, -0.2) is 19.3 Å². The van der Waals surface area contributed by atoms with Gasteiger partial charge in [0.2, 0.25) is 0 Å². The number of carbonyl (C=O) groups excluding carboxylic acids is 1. The Labute approximate surface area is 174 Å². The van der Waals surface area contributed by atoms with Crippen LogP contribution in [0.25, 0.3) is 22.1 Å². The molecule has 0 aliphatic heterocycles. The van der Waals surface area contributed by atoms with Gasteiger partial charge < -0.3 is 25.6 Å². The Balaban J connectivity index is 0.000000407. The summed E-state index contributed by atoms with van der Waals surface area (Å²) in [6.07, 6.45) is -0.0660. The van der Waals surface area contributed by atoms with Crippen LogP contribution in [0.4, 0.5) is 11.6 Å². The molecule has 0 amide bonds. The summed E-state index contributed by atoms with van der Waals surface area (Å²) in [6, 6.07) is 4.70. The lowest BCUT2D eigenvalue weighted by Gasteiger charge is -2.14. The van der Waals surface area contributed by atoms with Crippen LogP contribution in [0.3, 0.4) is 0 Å². The number of hydrogen-bond acceptors (Lipinski definition) is 9. The molecule has 1 fully saturated rings. The van der Waals surface area contributed by atoms with Crippen molar-refractivity contribution < 1.29 is 20.1 Å². The van der Waals surface area contributed by atoms with Crippen LogP contribution in [0, 0.1) is 11.8 Å². The highest BCUT2D eigenvalue weighted by molar-refractivity contribution is 5.93. The summed E-state index contributed by atoms with van der Waals surface area (Å²) in [4.78, 5) is 33.3. The molecule has 2 atom stereocenters. The van der Waals surface area contributed by atoms with Crippen molar-refractivity contribution in [1.82, 2.24) is 29.7 Å². The monoisotopic (exact) mass is 427 g/mol. The van der Waals surface area contributed by atoms with Crippen LogP contribution in [0.5, 0.6) is 0 Å². The first kappa shape index (κ1) is 20.7. The number of hydrogen-bond donors (Lipinski definition) is 6. The van der Waals surface area contributed by atoms with E-state index in [1.165, 1.54) is 18.7 Å². The van der Waals surface area contributed by atoms with E-state index in [0.717, 1.165) is 11.8 Å². The minimum Gasteiger partial charge on any atom is -0.325 e. The van der Waals surface area contributed by atoms with Crippen molar-refractivity contribution >= 4 is 40.0 Å². The van der Waals surface area contributed by atoms with Crippen molar-refractivity contribution in [2.75, 3.05) is 5.32 Å². The molecular weight excluding hydrogens is 406 g/mol. The molecule has 31 heavy (non-hydrogen) atoms. The van der Waals surface area contributed by atoms with E-state index in [9.17, 15) is 24.9 Å². The molecule has 1 aliphatic rings. The average Bonchev–Trinajstić information content (AvgIpc) is 3.08. The van der Waals surface area contributed by atoms with Crippen LogP contribution < -0.4 is 11.0 Å². The zero-order valence-corrected chi connectivity index (χ0v) is 16.7. The summed E-state index contributed by atoms with van der Waals surface area (Å²) in [6.45, 7) is 4.59. The number of fused-ring (bicyclic) bond motifs is 2. The molecule has 5 rings (SSSR count). The zero-order chi connectivity index (χ0) is 22.3. The number of pyridine rings is 2. The minimum atomic E-state index is -3.35. The molecule has 6 N–H and O–H groups in total. The Bertz CT molecular complexity index is 1310. The second-order valence-electron chi connectivity index (χ2n) is 7.59. The Kier molecular flexibility index (Phi) is 5.05. The maximum absolute atomic E-state index is 11.8. The van der Waals surface area contributed by atoms with E-state index in [2.05, 4.69) is 44.3 Å². The van der Waals surface area contributed by atoms with Gasteiger partial charge in [-0.2, -0.15) is 5.10 Å². The van der Waals surface area contributed by atoms with Gasteiger partial charge in [-0.3, -0.25) is 9.89 Å². The largest absolute Gasteiger partial charge is 0.377 e. The minimum absolute atomic E-state index is 0.0145. The number of carbonyl (C=O) groups is 1. The second-order valence-corrected chi connectivity index (χ2v) is 7.59. The topological polar surface area (TPSA) is 182 Å². The quantitative estimate of drug-likeness (QED) is 0.202. The molecule has 12 heteroatoms. The molecule has 4 aromatic heterocycles. The molecule has 0 aromatic carbocycles. The third-order valence-corrected chi connectivity index (χ3v) is 5.20. The van der Waals surface area contributed by atoms with Crippen LogP contribution in [-0.2, 0) is 6.10 Å². The van der Waals surface area contributed by atoms with Crippen LogP contribution in [0.2, 0.25) is 0 Å². The first-order valence-electron chi connectivity index (χ1n) is 9.53. The lowest BCUT2D eigenvalue weighted by molar-refractivity contribution is -0.374. The van der Waals surface area contributed by atoms with Gasteiger partial charge in [0.25, 0.3) is 0 Å². The molecule has 0 spiro atoms. The highest BCUT2D eigenvalue weighted by Gasteiger charge is 2.27. The number of imidazole rings is 1. The van der Waals surface area contributed by atoms with Crippen molar-refractivity contribution in [3.8, 4) is 0 Å². The van der Waals surface area contributed by atoms with E-state index in [0.29, 0.717) is 39.2 Å². The predicted molar refractivity (Wildman–Crippen MR) is 110 cm³/mol. The van der Waals surface area contributed by atoms with E-state index in [4.69, 9.17) is 0 Å². The average molecular weight is 427 g/mol. The lowest BCUT2D eigenvalue weighted by Crippen LogP contribution is -2.39. The summed E-state index contributed by atoms with van der Waals surface area (Å²) in [5.74, 6) is 2.78. The Morgan fingerprint density at radius 2 is 1.94 bits per heavy atom. The second kappa shape index (κ2) is 7.58. The standard InChI is InChI=1S/C14H11N7O5.C5H10/c22-5-8-6-1-2-10(18-12(6)20-19-8)17-11-3-7-9(4-15-11)21(13(23)16-7)14(24,25)26;1-4-3-5(4)2/h1-5,24-26H,(H,16,23)(H2,15,17,18,19,20);4-5H,3H2,1-2H3. The van der Waals surface area contributed by atoms with E-state index in [1.807, 2.05) is 0 Å². The lowest BCUT2D eigenvalue weighted by atomic mass is 10.3. The van der Waals surface area contributed by atoms with Gasteiger partial charge in [0.05, 0.1) is 17.2 Å². The molecule has 12 nitrogen and oxygen atoms in total. The number of rotatable bonds is 4. The van der Waals surface area contributed by atoms with Gasteiger partial charge in [0, 0.05) is 11.5 Å². The highest BCUT2D eigenvalue weighted by atomic mass is 16.7. The number of nitrogens with zero attached hydrogens (tertiary/aromatic N) is 4. The fraction of sp³-hybridized carbons (Fsp3) is 0.316. The van der Waals surface area contributed by atoms with E-state index in [-0.39, 0.29) is 11.0 Å². The van der Waals surface area contributed by atoms with Crippen molar-refractivity contribution in [2.24, 2.45) is 11.8 Å². The maximum atomic E-state index is 11.8. The van der Waals surface area contributed by atoms with Crippen LogP contribution >= 0.6 is 0 Å². The summed E-state index contributed by atoms with van der Waals surface area (Å²) >= 11 is 0. The van der Waals surface area contributed by atoms with E-state index in [1.54, 1.807) is 12.1 Å². The van der Waals surface area contributed by atoms with E-state index >= 15 is 0 Å². The third kappa shape index (κ3) is 4.17. The van der Waals surface area contributed by atoms with Crippen molar-refractivity contribution in [2.45, 2.75) is 26.4 Å². The van der Waals surface area contributed by atoms with Gasteiger partial charge in [-0.05, 0) is 30.4 Å². The van der Waals surface area contributed by atoms with Gasteiger partial charge in [-0.15, -0.1) is 0 Å². The van der Waals surface area contributed by atoms with Crippen molar-refractivity contribution in [3.05, 3.63) is 40.6 Å². The van der Waals surface area contributed by atoms with Crippen LogP contribution in [0.1, 0.15) is 30.8 Å². The number of H-pyrrole nitrogens is 2. The summed E-state index contributed by atoms with van der Waals surface area (Å²) in [5, 5.41) is 37.7. The fourth-order valence-electron chi connectivity index (χ4n) is 3.09. The molecule has 162 valence electrons. The number of aromatic amines is 2. The SMILES string of the molecule is CC1CC1C.O=Cc1[nH]nc2nc(Nc3cc4[nH]c(=O)n(C(O)(O)O)c4cn3)ccc12. The van der Waals surface area contributed by atoms with Gasteiger partial charge in [0.15, 0.2) is 11.9 Å². The number of anilines is 2. The molecule has 1 saturated carbocycles. The number of aliphatic hydroxyl groups is 3. The Morgan fingerprint density at radius 1 is 1.23 bits per heavy atom. The number of aldehydes is 1. The molecule has 4 aromatic rings. The number of nitrogens with one attached hydrogen (secondary N) is 3. The molecule has 0 bridgehead atoms. The smallest absolute Gasteiger partial charge is 0.325 e. The van der Waals surface area contributed by atoms with Crippen molar-refractivity contribution in [1.29, 1.82) is 0 Å². The predicted octanol–water partition coefficient (Wildman–Crippen LogP) is 0.759. The molecule has 0 radical (unpaired) electrons. The summed E-state index contributed by atoms with van der Waals surface area (Å²) in [5.41, 5.74) is -0.0808. The molecule has 1 aliphatic carbocycles. The molecule has 4 heterocycles. The first-order chi connectivity index (χ1) is 14.7. The molecule has 2 unspecified atom stereocenters. The van der Waals surface area contributed by atoms with Crippen molar-refractivity contribution in [3.63, 3.8) is 0 Å². The van der Waals surface area contributed by atoms with Crippen LogP contribution in [-0.4, -0.2) is 51.3 Å². The highest BCUT2D eigenvalue weighted by Crippen LogP contribution is 2.36. The number of aromatic nitrogens is 6. The maximum Gasteiger partial charge on any atom is 0.377 e. The summed E-state index contributed by atoms with van der Waals surface area (Å²) < 4.78 is 0.341. The van der Waals surface area contributed by atoms with Gasteiger partial charge in [-0.1, -0.05) is 13.8 Å². The summed E-state index contributed by atoms with van der Waals surface area (Å²) in [7, 11) is 0. The zero-order valence-electron chi connectivity index (χ0n) is 16.7. The van der Waals surface area contributed by atoms with Gasteiger partial charge in [0.1, 0.15) is 17.3 Å². The third-order valence-electron chi connectivity index (χ3n) is 5.20. The fourth-order valence-corrected chi connectivity index (χ4v) is 3.09. The first-order valence-corrected chi connectivity index (χ1v) is 9.53. The Morgan fingerprint density at radius 3 is 2.55 bits per heavy atom. The normalized spacial score (nSPS) is 18.0. The van der Waals surface area contributed by atoms with Crippen LogP contribution in [0.15, 0.2) is 29.2 Å². The van der Waals surface area contributed by atoms with Gasteiger partial charge >= 0.3 is 11.8 Å². The van der Waals surface area contributed by atoms with E-state index < -0.39 is 11.8 Å².